The second-order valence-electron chi connectivity index (χ2n) is 5.63. The van der Waals surface area contributed by atoms with Crippen molar-refractivity contribution in [3.63, 3.8) is 0 Å². The Bertz CT molecular complexity index is 193. The number of ether oxygens (including phenoxy) is 2. The van der Waals surface area contributed by atoms with Gasteiger partial charge >= 0.3 is 0 Å². The van der Waals surface area contributed by atoms with E-state index in [0.29, 0.717) is 0 Å². The Balaban J connectivity index is 3.55. The molecule has 0 radical (unpaired) electrons. The minimum absolute atomic E-state index is 0.0368. The summed E-state index contributed by atoms with van der Waals surface area (Å²) in [6.45, 7) is 11.3. The van der Waals surface area contributed by atoms with E-state index >= 15 is 0 Å². The summed E-state index contributed by atoms with van der Waals surface area (Å²) in [7, 11) is 2.42. The van der Waals surface area contributed by atoms with E-state index in [1.54, 1.807) is 14.2 Å². The first kappa shape index (κ1) is 15.9. The summed E-state index contributed by atoms with van der Waals surface area (Å²) in [5, 5.41) is 0. The van der Waals surface area contributed by atoms with Crippen molar-refractivity contribution in [3.05, 3.63) is 12.2 Å². The molecule has 16 heavy (non-hydrogen) atoms. The first-order valence-electron chi connectivity index (χ1n) is 6.11. The van der Waals surface area contributed by atoms with Crippen LogP contribution in [0.3, 0.4) is 0 Å². The lowest BCUT2D eigenvalue weighted by molar-refractivity contribution is -0.107. The molecule has 3 heteroatoms. The number of hydrogen-bond acceptors (Lipinski definition) is 2. The van der Waals surface area contributed by atoms with E-state index in [0.717, 1.165) is 19.3 Å². The molecule has 0 unspecified atom stereocenters. The van der Waals surface area contributed by atoms with Crippen molar-refractivity contribution in [2.24, 2.45) is 0 Å². The van der Waals surface area contributed by atoms with E-state index in [2.05, 4.69) is 26.2 Å². The van der Waals surface area contributed by atoms with Gasteiger partial charge in [0.1, 0.15) is 0 Å². The van der Waals surface area contributed by atoms with Crippen LogP contribution in [0.2, 0.25) is 25.7 Å². The molecule has 96 valence electrons. The third kappa shape index (κ3) is 9.13. The maximum absolute atomic E-state index is 5.15. The maximum Gasteiger partial charge on any atom is 0.156 e. The van der Waals surface area contributed by atoms with Gasteiger partial charge in [-0.2, -0.15) is 0 Å². The first-order valence-corrected chi connectivity index (χ1v) is 9.82. The Hall–Kier alpha value is -0.123. The van der Waals surface area contributed by atoms with Crippen molar-refractivity contribution in [2.75, 3.05) is 14.2 Å². The zero-order valence-electron chi connectivity index (χ0n) is 11.6. The number of hydrogen-bond donors (Lipinski definition) is 0. The molecule has 0 aromatic rings. The van der Waals surface area contributed by atoms with Crippen LogP contribution in [0.5, 0.6) is 0 Å². The van der Waals surface area contributed by atoms with E-state index in [1.807, 2.05) is 0 Å². The second kappa shape index (κ2) is 8.04. The molecule has 0 saturated heterocycles. The van der Waals surface area contributed by atoms with Gasteiger partial charge in [-0.3, -0.25) is 0 Å². The van der Waals surface area contributed by atoms with Gasteiger partial charge in [-0.05, 0) is 31.7 Å². The maximum atomic E-state index is 5.15. The summed E-state index contributed by atoms with van der Waals surface area (Å²) >= 11 is 0. The molecule has 0 aromatic carbocycles. The number of unbranched alkanes of at least 4 members (excludes halogenated alkanes) is 1. The average Bonchev–Trinajstić information content (AvgIpc) is 2.15. The predicted octanol–water partition coefficient (Wildman–Crippen LogP) is 4.06. The molecule has 0 heterocycles. The van der Waals surface area contributed by atoms with Crippen molar-refractivity contribution in [3.8, 4) is 0 Å². The van der Waals surface area contributed by atoms with Crippen LogP contribution in [0.4, 0.5) is 0 Å². The quantitative estimate of drug-likeness (QED) is 0.263. The smallest absolute Gasteiger partial charge is 0.156 e. The standard InChI is InChI=1S/C13H28O2Si/c1-12(11-16(4,5)6)9-7-8-10-13(14-2)15-3/h13H,1,7-11H2,2-6H3. The lowest BCUT2D eigenvalue weighted by atomic mass is 10.1. The molecule has 0 spiro atoms. The summed E-state index contributed by atoms with van der Waals surface area (Å²) in [5.74, 6) is 0. The largest absolute Gasteiger partial charge is 0.356 e. The van der Waals surface area contributed by atoms with Crippen molar-refractivity contribution < 1.29 is 9.47 Å². The van der Waals surface area contributed by atoms with Crippen molar-refractivity contribution in [1.82, 2.24) is 0 Å². The van der Waals surface area contributed by atoms with Crippen LogP contribution in [0, 0.1) is 0 Å². The molecule has 0 aliphatic rings. The van der Waals surface area contributed by atoms with E-state index in [-0.39, 0.29) is 6.29 Å². The van der Waals surface area contributed by atoms with Gasteiger partial charge < -0.3 is 9.47 Å². The van der Waals surface area contributed by atoms with E-state index < -0.39 is 8.07 Å². The van der Waals surface area contributed by atoms with Gasteiger partial charge in [0, 0.05) is 22.3 Å². The van der Waals surface area contributed by atoms with Gasteiger partial charge in [0.15, 0.2) is 6.29 Å². The SMILES string of the molecule is C=C(CCCCC(OC)OC)C[Si](C)(C)C. The van der Waals surface area contributed by atoms with Crippen molar-refractivity contribution in [1.29, 1.82) is 0 Å². The number of rotatable bonds is 9. The normalized spacial score (nSPS) is 12.1. The highest BCUT2D eigenvalue weighted by Crippen LogP contribution is 2.20. The van der Waals surface area contributed by atoms with Gasteiger partial charge in [0.2, 0.25) is 0 Å². The first-order chi connectivity index (χ1) is 7.39. The second-order valence-corrected chi connectivity index (χ2v) is 11.1. The minimum atomic E-state index is -0.965. The molecule has 0 bridgehead atoms. The summed E-state index contributed by atoms with van der Waals surface area (Å²) in [4.78, 5) is 0. The summed E-state index contributed by atoms with van der Waals surface area (Å²) in [6, 6.07) is 1.25. The topological polar surface area (TPSA) is 18.5 Å². The lowest BCUT2D eigenvalue weighted by Crippen LogP contribution is -2.19. The van der Waals surface area contributed by atoms with Crippen molar-refractivity contribution in [2.45, 2.75) is 57.7 Å². The molecular formula is C13H28O2Si. The fourth-order valence-corrected chi connectivity index (χ4v) is 3.53. The van der Waals surface area contributed by atoms with E-state index in [9.17, 15) is 0 Å². The van der Waals surface area contributed by atoms with Crippen LogP contribution in [-0.4, -0.2) is 28.6 Å². The molecule has 0 atom stereocenters. The van der Waals surface area contributed by atoms with Gasteiger partial charge in [-0.1, -0.05) is 25.2 Å². The summed E-state index contributed by atoms with van der Waals surface area (Å²) in [5.41, 5.74) is 1.42. The Kier molecular flexibility index (Phi) is 7.98. The molecule has 0 aromatic heterocycles. The van der Waals surface area contributed by atoms with Crippen LogP contribution < -0.4 is 0 Å². The van der Waals surface area contributed by atoms with Crippen LogP contribution in [0.15, 0.2) is 12.2 Å². The van der Waals surface area contributed by atoms with E-state index in [1.165, 1.54) is 18.0 Å². The highest BCUT2D eigenvalue weighted by molar-refractivity contribution is 6.76. The number of methoxy groups -OCH3 is 2. The average molecular weight is 244 g/mol. The molecule has 0 N–H and O–H groups in total. The van der Waals surface area contributed by atoms with Gasteiger partial charge in [0.05, 0.1) is 0 Å². The summed E-state index contributed by atoms with van der Waals surface area (Å²) < 4.78 is 10.3. The van der Waals surface area contributed by atoms with E-state index in [4.69, 9.17) is 9.47 Å². The molecule has 0 fully saturated rings. The Morgan fingerprint density at radius 1 is 1.12 bits per heavy atom. The number of allylic oxidation sites excluding steroid dienone is 1. The van der Waals surface area contributed by atoms with Crippen LogP contribution in [0.25, 0.3) is 0 Å². The molecule has 0 aliphatic heterocycles. The van der Waals surface area contributed by atoms with Gasteiger partial charge in [0.25, 0.3) is 0 Å². The van der Waals surface area contributed by atoms with Crippen LogP contribution >= 0.6 is 0 Å². The highest BCUT2D eigenvalue weighted by atomic mass is 28.3. The van der Waals surface area contributed by atoms with Crippen LogP contribution in [0.1, 0.15) is 25.7 Å². The summed E-state index contributed by atoms with van der Waals surface area (Å²) in [6.07, 6.45) is 4.45. The molecule has 0 saturated carbocycles. The third-order valence-corrected chi connectivity index (χ3v) is 4.09. The predicted molar refractivity (Wildman–Crippen MR) is 73.6 cm³/mol. The van der Waals surface area contributed by atoms with Gasteiger partial charge in [-0.15, -0.1) is 6.58 Å². The molecule has 2 nitrogen and oxygen atoms in total. The Labute approximate surface area is 102 Å². The Morgan fingerprint density at radius 2 is 1.69 bits per heavy atom. The highest BCUT2D eigenvalue weighted by Gasteiger charge is 2.14. The fraction of sp³-hybridized carbons (Fsp3) is 0.846. The van der Waals surface area contributed by atoms with Gasteiger partial charge in [-0.25, -0.2) is 0 Å². The molecule has 0 amide bonds. The zero-order chi connectivity index (χ0) is 12.6. The molecular weight excluding hydrogens is 216 g/mol. The molecule has 0 aliphatic carbocycles. The zero-order valence-corrected chi connectivity index (χ0v) is 12.6. The molecule has 0 rings (SSSR count). The van der Waals surface area contributed by atoms with Crippen LogP contribution in [-0.2, 0) is 9.47 Å². The van der Waals surface area contributed by atoms with Crippen molar-refractivity contribution >= 4 is 8.07 Å². The fourth-order valence-electron chi connectivity index (χ4n) is 1.86. The monoisotopic (exact) mass is 244 g/mol. The lowest BCUT2D eigenvalue weighted by Gasteiger charge is -2.18. The Morgan fingerprint density at radius 3 is 2.12 bits per heavy atom. The third-order valence-electron chi connectivity index (χ3n) is 2.53. The minimum Gasteiger partial charge on any atom is -0.356 e.